The predicted molar refractivity (Wildman–Crippen MR) is 88.8 cm³/mol. The maximum atomic E-state index is 6.24. The highest BCUT2D eigenvalue weighted by Gasteiger charge is 2.18. The molecule has 1 aliphatic heterocycles. The van der Waals surface area contributed by atoms with E-state index in [0.29, 0.717) is 0 Å². The van der Waals surface area contributed by atoms with Crippen LogP contribution in [0, 0.1) is 6.92 Å². The van der Waals surface area contributed by atoms with Gasteiger partial charge in [0.1, 0.15) is 6.33 Å². The first-order valence-electron chi connectivity index (χ1n) is 7.66. The number of hydrogen-bond donors (Lipinski definition) is 0. The molecule has 0 aliphatic carbocycles. The van der Waals surface area contributed by atoms with E-state index in [9.17, 15) is 0 Å². The van der Waals surface area contributed by atoms with Gasteiger partial charge in [0.2, 0.25) is 0 Å². The van der Waals surface area contributed by atoms with Crippen LogP contribution in [-0.4, -0.2) is 45.9 Å². The number of nitrogens with zero attached hydrogens (tertiary/aromatic N) is 4. The van der Waals surface area contributed by atoms with E-state index in [4.69, 9.17) is 11.6 Å². The van der Waals surface area contributed by atoms with Crippen molar-refractivity contribution in [3.05, 3.63) is 58.6 Å². The minimum absolute atomic E-state index is 0.862. The summed E-state index contributed by atoms with van der Waals surface area (Å²) in [7, 11) is 0. The molecule has 3 rings (SSSR count). The number of hydrogen-bond acceptors (Lipinski definition) is 4. The van der Waals surface area contributed by atoms with Crippen molar-refractivity contribution in [1.29, 1.82) is 0 Å². The molecule has 1 aliphatic rings. The summed E-state index contributed by atoms with van der Waals surface area (Å²) in [5.41, 5.74) is 3.35. The Balaban J connectivity index is 1.51. The molecular formula is C17H21ClN4. The molecule has 5 heteroatoms. The Morgan fingerprint density at radius 1 is 1.00 bits per heavy atom. The van der Waals surface area contributed by atoms with E-state index in [1.165, 1.54) is 5.56 Å². The van der Waals surface area contributed by atoms with Gasteiger partial charge in [-0.15, -0.1) is 0 Å². The van der Waals surface area contributed by atoms with Crippen LogP contribution in [-0.2, 0) is 13.1 Å². The van der Waals surface area contributed by atoms with Gasteiger partial charge in [-0.05, 0) is 24.6 Å². The van der Waals surface area contributed by atoms with Gasteiger partial charge in [-0.25, -0.2) is 9.97 Å². The van der Waals surface area contributed by atoms with Crippen LogP contribution in [0.1, 0.15) is 17.0 Å². The van der Waals surface area contributed by atoms with Gasteiger partial charge < -0.3 is 0 Å². The fourth-order valence-corrected chi connectivity index (χ4v) is 2.99. The first-order valence-corrected chi connectivity index (χ1v) is 8.04. The lowest BCUT2D eigenvalue weighted by Gasteiger charge is -2.34. The quantitative estimate of drug-likeness (QED) is 0.868. The summed E-state index contributed by atoms with van der Waals surface area (Å²) >= 11 is 6.24. The highest BCUT2D eigenvalue weighted by atomic mass is 35.5. The van der Waals surface area contributed by atoms with Crippen molar-refractivity contribution < 1.29 is 0 Å². The van der Waals surface area contributed by atoms with Crippen molar-refractivity contribution in [3.8, 4) is 0 Å². The maximum Gasteiger partial charge on any atom is 0.115 e. The van der Waals surface area contributed by atoms with Crippen molar-refractivity contribution in [2.45, 2.75) is 20.0 Å². The van der Waals surface area contributed by atoms with E-state index < -0.39 is 0 Å². The molecule has 2 heterocycles. The molecule has 1 fully saturated rings. The van der Waals surface area contributed by atoms with E-state index in [1.54, 1.807) is 6.33 Å². The van der Waals surface area contributed by atoms with Gasteiger partial charge in [0.25, 0.3) is 0 Å². The van der Waals surface area contributed by atoms with Gasteiger partial charge in [0.05, 0.1) is 5.69 Å². The summed E-state index contributed by atoms with van der Waals surface area (Å²) in [6.07, 6.45) is 1.65. The van der Waals surface area contributed by atoms with Crippen LogP contribution >= 0.6 is 11.6 Å². The molecule has 22 heavy (non-hydrogen) atoms. The third-order valence-corrected chi connectivity index (χ3v) is 4.43. The lowest BCUT2D eigenvalue weighted by Crippen LogP contribution is -2.45. The van der Waals surface area contributed by atoms with Crippen LogP contribution in [0.15, 0.2) is 36.7 Å². The van der Waals surface area contributed by atoms with Gasteiger partial charge in [-0.3, -0.25) is 9.80 Å². The number of aromatic nitrogens is 2. The van der Waals surface area contributed by atoms with Gasteiger partial charge in [-0.1, -0.05) is 29.8 Å². The molecule has 2 aromatic rings. The predicted octanol–water partition coefficient (Wildman–Crippen LogP) is 2.76. The Labute approximate surface area is 136 Å². The highest BCUT2D eigenvalue weighted by Crippen LogP contribution is 2.18. The van der Waals surface area contributed by atoms with Crippen LogP contribution in [0.2, 0.25) is 5.02 Å². The summed E-state index contributed by atoms with van der Waals surface area (Å²) in [4.78, 5) is 13.4. The van der Waals surface area contributed by atoms with Crippen LogP contribution in [0.4, 0.5) is 0 Å². The number of aryl methyl sites for hydroxylation is 1. The first kappa shape index (κ1) is 15.4. The lowest BCUT2D eigenvalue weighted by molar-refractivity contribution is 0.121. The van der Waals surface area contributed by atoms with Crippen molar-refractivity contribution in [1.82, 2.24) is 19.8 Å². The number of benzene rings is 1. The molecule has 4 nitrogen and oxygen atoms in total. The second-order valence-electron chi connectivity index (χ2n) is 5.79. The number of piperazine rings is 1. The Morgan fingerprint density at radius 2 is 1.68 bits per heavy atom. The van der Waals surface area contributed by atoms with Crippen molar-refractivity contribution >= 4 is 11.6 Å². The minimum atomic E-state index is 0.862. The average molecular weight is 317 g/mol. The Bertz CT molecular complexity index is 624. The minimum Gasteiger partial charge on any atom is -0.296 e. The lowest BCUT2D eigenvalue weighted by atomic mass is 10.2. The summed E-state index contributed by atoms with van der Waals surface area (Å²) in [5.74, 6) is 0. The van der Waals surface area contributed by atoms with Crippen LogP contribution in [0.3, 0.4) is 0 Å². The molecule has 0 atom stereocenters. The molecule has 0 unspecified atom stereocenters. The zero-order valence-electron chi connectivity index (χ0n) is 12.9. The average Bonchev–Trinajstić information content (AvgIpc) is 2.52. The summed E-state index contributed by atoms with van der Waals surface area (Å²) in [5, 5.41) is 0.862. The zero-order valence-corrected chi connectivity index (χ0v) is 13.6. The molecule has 0 amide bonds. The van der Waals surface area contributed by atoms with Gasteiger partial charge in [0, 0.05) is 50.0 Å². The second kappa shape index (κ2) is 7.18. The third-order valence-electron chi connectivity index (χ3n) is 4.06. The zero-order chi connectivity index (χ0) is 15.4. The Morgan fingerprint density at radius 3 is 2.36 bits per heavy atom. The Kier molecular flexibility index (Phi) is 5.03. The molecule has 0 N–H and O–H groups in total. The fourth-order valence-electron chi connectivity index (χ4n) is 2.80. The molecule has 1 aromatic heterocycles. The molecular weight excluding hydrogens is 296 g/mol. The van der Waals surface area contributed by atoms with Gasteiger partial charge >= 0.3 is 0 Å². The second-order valence-corrected chi connectivity index (χ2v) is 6.20. The van der Waals surface area contributed by atoms with Crippen LogP contribution in [0.5, 0.6) is 0 Å². The molecule has 116 valence electrons. The first-order chi connectivity index (χ1) is 10.7. The van der Waals surface area contributed by atoms with E-state index in [2.05, 4.69) is 38.0 Å². The van der Waals surface area contributed by atoms with Gasteiger partial charge in [0.15, 0.2) is 0 Å². The summed E-state index contributed by atoms with van der Waals surface area (Å²) < 4.78 is 0. The smallest absolute Gasteiger partial charge is 0.115 e. The van der Waals surface area contributed by atoms with Crippen LogP contribution < -0.4 is 0 Å². The normalized spacial score (nSPS) is 16.8. The largest absolute Gasteiger partial charge is 0.296 e. The van der Waals surface area contributed by atoms with E-state index in [0.717, 1.165) is 55.7 Å². The molecule has 0 spiro atoms. The van der Waals surface area contributed by atoms with E-state index in [1.807, 2.05) is 19.1 Å². The molecule has 0 radical (unpaired) electrons. The maximum absolute atomic E-state index is 6.24. The monoisotopic (exact) mass is 316 g/mol. The van der Waals surface area contributed by atoms with E-state index in [-0.39, 0.29) is 0 Å². The molecule has 0 bridgehead atoms. The summed E-state index contributed by atoms with van der Waals surface area (Å²) in [6.45, 7) is 8.10. The molecule has 0 saturated carbocycles. The standard InChI is InChI=1S/C17H21ClN4/c1-14-10-16(20-13-19-14)12-22-8-6-21(7-9-22)11-15-4-2-3-5-17(15)18/h2-5,10,13H,6-9,11-12H2,1H3. The topological polar surface area (TPSA) is 32.3 Å². The molecule has 1 aromatic carbocycles. The van der Waals surface area contributed by atoms with Gasteiger partial charge in [-0.2, -0.15) is 0 Å². The van der Waals surface area contributed by atoms with Crippen molar-refractivity contribution in [2.24, 2.45) is 0 Å². The van der Waals surface area contributed by atoms with Crippen molar-refractivity contribution in [3.63, 3.8) is 0 Å². The number of halogens is 1. The number of rotatable bonds is 4. The fraction of sp³-hybridized carbons (Fsp3) is 0.412. The SMILES string of the molecule is Cc1cc(CN2CCN(Cc3ccccc3Cl)CC2)ncn1. The van der Waals surface area contributed by atoms with Crippen molar-refractivity contribution in [2.75, 3.05) is 26.2 Å². The van der Waals surface area contributed by atoms with E-state index >= 15 is 0 Å². The van der Waals surface area contributed by atoms with Crippen LogP contribution in [0.25, 0.3) is 0 Å². The highest BCUT2D eigenvalue weighted by molar-refractivity contribution is 6.31. The summed E-state index contributed by atoms with van der Waals surface area (Å²) in [6, 6.07) is 10.2. The third kappa shape index (κ3) is 4.03. The Hall–Kier alpha value is -1.49. The molecule has 1 saturated heterocycles.